The average molecular weight is 307 g/mol. The smallest absolute Gasteiger partial charge is 0.225 e. The molecule has 0 unspecified atom stereocenters. The van der Waals surface area contributed by atoms with E-state index in [0.717, 1.165) is 5.76 Å². The van der Waals surface area contributed by atoms with Crippen LogP contribution in [0.25, 0.3) is 0 Å². The molecule has 0 aliphatic carbocycles. The molecule has 2 heterocycles. The molecule has 22 heavy (non-hydrogen) atoms. The van der Waals surface area contributed by atoms with Crippen LogP contribution in [0.1, 0.15) is 32.1 Å². The van der Waals surface area contributed by atoms with Gasteiger partial charge in [0.1, 0.15) is 5.76 Å². The molecule has 0 radical (unpaired) electrons. The number of nitrogens with one attached hydrogen (secondary N) is 1. The van der Waals surface area contributed by atoms with E-state index < -0.39 is 0 Å². The van der Waals surface area contributed by atoms with Gasteiger partial charge in [0.2, 0.25) is 11.8 Å². The van der Waals surface area contributed by atoms with Gasteiger partial charge in [-0.3, -0.25) is 14.5 Å². The Bertz CT molecular complexity index is 511. The van der Waals surface area contributed by atoms with E-state index >= 15 is 0 Å². The van der Waals surface area contributed by atoms with E-state index in [-0.39, 0.29) is 29.8 Å². The minimum atomic E-state index is -0.255. The molecule has 1 saturated heterocycles. The summed E-state index contributed by atoms with van der Waals surface area (Å²) >= 11 is 0. The lowest BCUT2D eigenvalue weighted by Gasteiger charge is -2.24. The van der Waals surface area contributed by atoms with Crippen LogP contribution in [0.3, 0.4) is 0 Å². The Balaban J connectivity index is 1.91. The van der Waals surface area contributed by atoms with E-state index in [9.17, 15) is 9.59 Å². The first-order valence-corrected chi connectivity index (χ1v) is 7.67. The molecule has 122 valence electrons. The van der Waals surface area contributed by atoms with Crippen LogP contribution in [-0.4, -0.2) is 54.8 Å². The van der Waals surface area contributed by atoms with Crippen molar-refractivity contribution in [2.24, 2.45) is 5.92 Å². The molecule has 1 aromatic rings. The Labute approximate surface area is 131 Å². The number of likely N-dealkylation sites (tertiary alicyclic amines) is 1. The quantitative estimate of drug-likeness (QED) is 0.859. The molecular weight excluding hydrogens is 282 g/mol. The van der Waals surface area contributed by atoms with Crippen molar-refractivity contribution in [3.8, 4) is 0 Å². The first-order valence-electron chi connectivity index (χ1n) is 7.67. The summed E-state index contributed by atoms with van der Waals surface area (Å²) in [5.41, 5.74) is 0. The third-order valence-electron chi connectivity index (χ3n) is 4.12. The van der Waals surface area contributed by atoms with E-state index in [2.05, 4.69) is 5.32 Å². The third kappa shape index (κ3) is 3.68. The van der Waals surface area contributed by atoms with Gasteiger partial charge in [-0.05, 0) is 40.1 Å². The first kappa shape index (κ1) is 16.5. The summed E-state index contributed by atoms with van der Waals surface area (Å²) < 4.78 is 5.42. The molecule has 1 aliphatic rings. The maximum absolute atomic E-state index is 12.3. The highest BCUT2D eigenvalue weighted by molar-refractivity contribution is 5.89. The molecule has 2 atom stereocenters. The zero-order valence-electron chi connectivity index (χ0n) is 13.7. The molecule has 0 aromatic carbocycles. The van der Waals surface area contributed by atoms with E-state index in [1.165, 1.54) is 0 Å². The standard InChI is InChI=1S/C16H25N3O3/c1-11(2)19-10-12(8-15(19)20)16(21)17-9-13(18(3)4)14-6-5-7-22-14/h5-7,11-13H,8-10H2,1-4H3,(H,17,21)/t12-,13-/m1/s1. The summed E-state index contributed by atoms with van der Waals surface area (Å²) in [6.45, 7) is 4.91. The van der Waals surface area contributed by atoms with Gasteiger partial charge >= 0.3 is 0 Å². The fourth-order valence-corrected chi connectivity index (χ4v) is 2.77. The number of amides is 2. The monoisotopic (exact) mass is 307 g/mol. The molecular formula is C16H25N3O3. The summed E-state index contributed by atoms with van der Waals surface area (Å²) in [5, 5.41) is 2.95. The van der Waals surface area contributed by atoms with Crippen LogP contribution in [0.4, 0.5) is 0 Å². The molecule has 1 aromatic heterocycles. The molecule has 0 saturated carbocycles. The highest BCUT2D eigenvalue weighted by Gasteiger charge is 2.35. The Morgan fingerprint density at radius 2 is 2.23 bits per heavy atom. The second kappa shape index (κ2) is 6.96. The fourth-order valence-electron chi connectivity index (χ4n) is 2.77. The summed E-state index contributed by atoms with van der Waals surface area (Å²) in [6, 6.07) is 3.86. The predicted octanol–water partition coefficient (Wildman–Crippen LogP) is 1.26. The van der Waals surface area contributed by atoms with E-state index in [1.54, 1.807) is 11.2 Å². The molecule has 0 bridgehead atoms. The lowest BCUT2D eigenvalue weighted by atomic mass is 10.1. The Hall–Kier alpha value is -1.82. The lowest BCUT2D eigenvalue weighted by molar-refractivity contribution is -0.130. The maximum atomic E-state index is 12.3. The highest BCUT2D eigenvalue weighted by Crippen LogP contribution is 2.21. The van der Waals surface area contributed by atoms with Gasteiger partial charge in [0.05, 0.1) is 18.2 Å². The van der Waals surface area contributed by atoms with Crippen LogP contribution in [0.5, 0.6) is 0 Å². The van der Waals surface area contributed by atoms with Crippen molar-refractivity contribution < 1.29 is 14.0 Å². The number of furan rings is 1. The van der Waals surface area contributed by atoms with Crippen LogP contribution in [-0.2, 0) is 9.59 Å². The molecule has 2 amide bonds. The number of rotatable bonds is 6. The Morgan fingerprint density at radius 3 is 2.73 bits per heavy atom. The normalized spacial score (nSPS) is 20.0. The van der Waals surface area contributed by atoms with E-state index in [1.807, 2.05) is 45.0 Å². The first-order chi connectivity index (χ1) is 10.4. The number of likely N-dealkylation sites (N-methyl/N-ethyl adjacent to an activating group) is 1. The Kier molecular flexibility index (Phi) is 5.24. The van der Waals surface area contributed by atoms with Gasteiger partial charge in [0, 0.05) is 25.6 Å². The zero-order chi connectivity index (χ0) is 16.3. The lowest BCUT2D eigenvalue weighted by Crippen LogP contribution is -2.39. The zero-order valence-corrected chi connectivity index (χ0v) is 13.7. The van der Waals surface area contributed by atoms with Crippen LogP contribution in [0, 0.1) is 5.92 Å². The SMILES string of the molecule is CC(C)N1C[C@H](C(=O)NC[C@H](c2ccco2)N(C)C)CC1=O. The van der Waals surface area contributed by atoms with Crippen LogP contribution in [0.15, 0.2) is 22.8 Å². The van der Waals surface area contributed by atoms with Crippen molar-refractivity contribution in [3.05, 3.63) is 24.2 Å². The minimum Gasteiger partial charge on any atom is -0.468 e. The molecule has 6 nitrogen and oxygen atoms in total. The molecule has 1 aliphatic heterocycles. The second-order valence-corrected chi connectivity index (χ2v) is 6.28. The maximum Gasteiger partial charge on any atom is 0.225 e. The largest absolute Gasteiger partial charge is 0.468 e. The van der Waals surface area contributed by atoms with Crippen molar-refractivity contribution in [1.29, 1.82) is 0 Å². The highest BCUT2D eigenvalue weighted by atomic mass is 16.3. The summed E-state index contributed by atoms with van der Waals surface area (Å²) in [6.07, 6.45) is 1.93. The van der Waals surface area contributed by atoms with Crippen molar-refractivity contribution >= 4 is 11.8 Å². The number of hydrogen-bond donors (Lipinski definition) is 1. The number of carbonyl (C=O) groups excluding carboxylic acids is 2. The van der Waals surface area contributed by atoms with Crippen molar-refractivity contribution in [2.45, 2.75) is 32.4 Å². The van der Waals surface area contributed by atoms with Crippen LogP contribution in [0.2, 0.25) is 0 Å². The van der Waals surface area contributed by atoms with Gasteiger partial charge in [0.25, 0.3) is 0 Å². The molecule has 0 spiro atoms. The number of hydrogen-bond acceptors (Lipinski definition) is 4. The topological polar surface area (TPSA) is 65.8 Å². The average Bonchev–Trinajstić information content (AvgIpc) is 3.07. The van der Waals surface area contributed by atoms with Crippen LogP contribution < -0.4 is 5.32 Å². The molecule has 2 rings (SSSR count). The minimum absolute atomic E-state index is 0.0164. The second-order valence-electron chi connectivity index (χ2n) is 6.28. The molecule has 1 fully saturated rings. The summed E-state index contributed by atoms with van der Waals surface area (Å²) in [7, 11) is 3.89. The van der Waals surface area contributed by atoms with Crippen molar-refractivity contribution in [1.82, 2.24) is 15.1 Å². The summed E-state index contributed by atoms with van der Waals surface area (Å²) in [5.74, 6) is 0.561. The fraction of sp³-hybridized carbons (Fsp3) is 0.625. The van der Waals surface area contributed by atoms with E-state index in [0.29, 0.717) is 19.5 Å². The van der Waals surface area contributed by atoms with Crippen LogP contribution >= 0.6 is 0 Å². The van der Waals surface area contributed by atoms with Gasteiger partial charge in [-0.1, -0.05) is 0 Å². The predicted molar refractivity (Wildman–Crippen MR) is 83.1 cm³/mol. The number of nitrogens with zero attached hydrogens (tertiary/aromatic N) is 2. The van der Waals surface area contributed by atoms with Gasteiger partial charge in [0.15, 0.2) is 0 Å². The van der Waals surface area contributed by atoms with Gasteiger partial charge in [-0.15, -0.1) is 0 Å². The number of carbonyl (C=O) groups is 2. The van der Waals surface area contributed by atoms with Crippen molar-refractivity contribution in [3.63, 3.8) is 0 Å². The molecule has 1 N–H and O–H groups in total. The Morgan fingerprint density at radius 1 is 1.50 bits per heavy atom. The van der Waals surface area contributed by atoms with Gasteiger partial charge < -0.3 is 14.6 Å². The summed E-state index contributed by atoms with van der Waals surface area (Å²) in [4.78, 5) is 28.0. The van der Waals surface area contributed by atoms with Crippen molar-refractivity contribution in [2.75, 3.05) is 27.2 Å². The van der Waals surface area contributed by atoms with E-state index in [4.69, 9.17) is 4.42 Å². The molecule has 6 heteroatoms. The van der Waals surface area contributed by atoms with Gasteiger partial charge in [-0.2, -0.15) is 0 Å². The van der Waals surface area contributed by atoms with Gasteiger partial charge in [-0.25, -0.2) is 0 Å². The third-order valence-corrected chi connectivity index (χ3v) is 4.12.